The number of alkyl halides is 3. The molecule has 2 aromatic heterocycles. The molecule has 1 aromatic carbocycles. The lowest BCUT2D eigenvalue weighted by molar-refractivity contribution is -0.137. The number of benzene rings is 1. The van der Waals surface area contributed by atoms with Crippen LogP contribution in [0.4, 0.5) is 13.2 Å². The van der Waals surface area contributed by atoms with Gasteiger partial charge in [-0.05, 0) is 6.07 Å². The third kappa shape index (κ3) is 2.35. The molecule has 0 aliphatic heterocycles. The van der Waals surface area contributed by atoms with Gasteiger partial charge in [0.2, 0.25) is 0 Å². The molecule has 0 amide bonds. The lowest BCUT2D eigenvalue weighted by Gasteiger charge is -2.10. The van der Waals surface area contributed by atoms with Gasteiger partial charge in [0.25, 0.3) is 0 Å². The maximum absolute atomic E-state index is 13.0. The molecule has 0 spiro atoms. The Morgan fingerprint density at radius 2 is 1.86 bits per heavy atom. The van der Waals surface area contributed by atoms with E-state index in [9.17, 15) is 18.0 Å². The summed E-state index contributed by atoms with van der Waals surface area (Å²) in [6, 6.07) is 9.40. The third-order valence-electron chi connectivity index (χ3n) is 3.19. The molecule has 0 fully saturated rings. The molecule has 112 valence electrons. The van der Waals surface area contributed by atoms with Crippen molar-refractivity contribution in [2.75, 3.05) is 0 Å². The first-order chi connectivity index (χ1) is 10.4. The molecule has 0 aliphatic carbocycles. The molecule has 0 N–H and O–H groups in total. The number of carbonyl (C=O) groups is 1. The minimum absolute atomic E-state index is 0.00224. The first kappa shape index (κ1) is 14.6. The lowest BCUT2D eigenvalue weighted by Crippen LogP contribution is -2.07. The summed E-state index contributed by atoms with van der Waals surface area (Å²) in [5.74, 6) is 0.228. The molecule has 3 aromatic rings. The zero-order chi connectivity index (χ0) is 15.9. The van der Waals surface area contributed by atoms with E-state index in [1.165, 1.54) is 4.40 Å². The molecular weight excluding hydrogens is 317 g/mol. The highest BCUT2D eigenvalue weighted by molar-refractivity contribution is 6.34. The average molecular weight is 325 g/mol. The summed E-state index contributed by atoms with van der Waals surface area (Å²) in [6.07, 6.45) is -3.18. The van der Waals surface area contributed by atoms with Gasteiger partial charge in [-0.3, -0.25) is 9.20 Å². The fourth-order valence-corrected chi connectivity index (χ4v) is 2.53. The van der Waals surface area contributed by atoms with Crippen molar-refractivity contribution in [1.82, 2.24) is 9.38 Å². The van der Waals surface area contributed by atoms with Gasteiger partial charge >= 0.3 is 6.18 Å². The van der Waals surface area contributed by atoms with Crippen LogP contribution < -0.4 is 0 Å². The van der Waals surface area contributed by atoms with Crippen LogP contribution in [0.3, 0.4) is 0 Å². The number of aldehydes is 1. The van der Waals surface area contributed by atoms with Crippen molar-refractivity contribution >= 4 is 23.4 Å². The van der Waals surface area contributed by atoms with Gasteiger partial charge in [-0.1, -0.05) is 41.9 Å². The van der Waals surface area contributed by atoms with Crippen LogP contribution in [0, 0.1) is 0 Å². The van der Waals surface area contributed by atoms with Crippen LogP contribution in [0.2, 0.25) is 5.02 Å². The molecule has 0 bridgehead atoms. The summed E-state index contributed by atoms with van der Waals surface area (Å²) in [4.78, 5) is 15.2. The van der Waals surface area contributed by atoms with E-state index in [4.69, 9.17) is 11.6 Å². The smallest absolute Gasteiger partial charge is 0.297 e. The van der Waals surface area contributed by atoms with Gasteiger partial charge in [0.15, 0.2) is 6.29 Å². The number of pyridine rings is 1. The summed E-state index contributed by atoms with van der Waals surface area (Å²) in [5, 5.41) is -0.174. The average Bonchev–Trinajstić information content (AvgIpc) is 2.86. The molecule has 3 nitrogen and oxygen atoms in total. The Morgan fingerprint density at radius 1 is 1.18 bits per heavy atom. The number of hydrogen-bond donors (Lipinski definition) is 0. The van der Waals surface area contributed by atoms with Crippen LogP contribution in [0.15, 0.2) is 42.6 Å². The minimum atomic E-state index is -4.54. The summed E-state index contributed by atoms with van der Waals surface area (Å²) in [5.41, 5.74) is -0.167. The van der Waals surface area contributed by atoms with Gasteiger partial charge in [0.05, 0.1) is 16.1 Å². The second-order valence-electron chi connectivity index (χ2n) is 4.60. The summed E-state index contributed by atoms with van der Waals surface area (Å²) in [6.45, 7) is 0. The van der Waals surface area contributed by atoms with Gasteiger partial charge in [-0.25, -0.2) is 4.98 Å². The predicted octanol–water partition coefficient (Wildman–Crippen LogP) is 4.49. The predicted molar refractivity (Wildman–Crippen MR) is 76.0 cm³/mol. The van der Waals surface area contributed by atoms with Crippen LogP contribution in [0.5, 0.6) is 0 Å². The van der Waals surface area contributed by atoms with Crippen molar-refractivity contribution in [2.24, 2.45) is 0 Å². The van der Waals surface area contributed by atoms with Crippen LogP contribution in [-0.4, -0.2) is 15.7 Å². The molecule has 0 saturated carbocycles. The minimum Gasteiger partial charge on any atom is -0.297 e. The monoisotopic (exact) mass is 324 g/mol. The largest absolute Gasteiger partial charge is 0.417 e. The fraction of sp³-hybridized carbons (Fsp3) is 0.0667. The van der Waals surface area contributed by atoms with E-state index in [1.807, 2.05) is 0 Å². The number of fused-ring (bicyclic) bond motifs is 1. The zero-order valence-corrected chi connectivity index (χ0v) is 11.7. The van der Waals surface area contributed by atoms with E-state index in [1.54, 1.807) is 30.3 Å². The highest BCUT2D eigenvalue weighted by atomic mass is 35.5. The Morgan fingerprint density at radius 3 is 2.45 bits per heavy atom. The van der Waals surface area contributed by atoms with E-state index in [0.717, 1.165) is 12.3 Å². The Hall–Kier alpha value is -2.34. The van der Waals surface area contributed by atoms with Crippen LogP contribution in [0.1, 0.15) is 16.1 Å². The Balaban J connectivity index is 2.38. The van der Waals surface area contributed by atoms with Gasteiger partial charge in [-0.15, -0.1) is 0 Å². The molecule has 0 atom stereocenters. The molecular formula is C15H8ClF3N2O. The molecule has 2 heterocycles. The molecule has 0 aliphatic rings. The molecule has 0 unspecified atom stereocenters. The third-order valence-corrected chi connectivity index (χ3v) is 3.47. The van der Waals surface area contributed by atoms with Crippen molar-refractivity contribution in [3.8, 4) is 11.4 Å². The van der Waals surface area contributed by atoms with Crippen molar-refractivity contribution < 1.29 is 18.0 Å². The number of carbonyl (C=O) groups excluding carboxylic acids is 1. The topological polar surface area (TPSA) is 34.4 Å². The van der Waals surface area contributed by atoms with E-state index < -0.39 is 11.7 Å². The number of aromatic nitrogens is 2. The van der Waals surface area contributed by atoms with Gasteiger partial charge in [0.1, 0.15) is 11.5 Å². The van der Waals surface area contributed by atoms with E-state index >= 15 is 0 Å². The first-order valence-electron chi connectivity index (χ1n) is 6.21. The van der Waals surface area contributed by atoms with Crippen molar-refractivity contribution in [3.05, 3.63) is 58.9 Å². The Bertz CT molecular complexity index is 857. The summed E-state index contributed by atoms with van der Waals surface area (Å²) < 4.78 is 40.1. The summed E-state index contributed by atoms with van der Waals surface area (Å²) in [7, 11) is 0. The Labute approximate surface area is 128 Å². The standard InChI is InChI=1S/C15H8ClF3N2O/c16-11-6-10(15(17,18)19)7-21-13(11)12(8-22)20-14(21)9-4-2-1-3-5-9/h1-8H. The number of halogens is 4. The number of hydrogen-bond acceptors (Lipinski definition) is 2. The van der Waals surface area contributed by atoms with E-state index in [-0.39, 0.29) is 22.1 Å². The molecule has 7 heteroatoms. The highest BCUT2D eigenvalue weighted by Gasteiger charge is 2.32. The normalized spacial score (nSPS) is 11.8. The first-order valence-corrected chi connectivity index (χ1v) is 6.59. The van der Waals surface area contributed by atoms with Gasteiger partial charge in [-0.2, -0.15) is 13.2 Å². The Kier molecular flexibility index (Phi) is 3.41. The van der Waals surface area contributed by atoms with Crippen LogP contribution in [0.25, 0.3) is 16.9 Å². The number of nitrogens with zero attached hydrogens (tertiary/aromatic N) is 2. The second kappa shape index (κ2) is 5.14. The van der Waals surface area contributed by atoms with Crippen molar-refractivity contribution in [1.29, 1.82) is 0 Å². The van der Waals surface area contributed by atoms with Gasteiger partial charge < -0.3 is 0 Å². The fourth-order valence-electron chi connectivity index (χ4n) is 2.22. The zero-order valence-electron chi connectivity index (χ0n) is 10.9. The molecule has 0 saturated heterocycles. The molecule has 3 rings (SSSR count). The van der Waals surface area contributed by atoms with E-state index in [2.05, 4.69) is 4.98 Å². The van der Waals surface area contributed by atoms with Crippen LogP contribution in [-0.2, 0) is 6.18 Å². The molecule has 22 heavy (non-hydrogen) atoms. The van der Waals surface area contributed by atoms with Gasteiger partial charge in [0, 0.05) is 11.8 Å². The highest BCUT2D eigenvalue weighted by Crippen LogP contribution is 2.35. The maximum atomic E-state index is 13.0. The van der Waals surface area contributed by atoms with Crippen LogP contribution >= 0.6 is 11.6 Å². The number of imidazole rings is 1. The number of rotatable bonds is 2. The maximum Gasteiger partial charge on any atom is 0.417 e. The van der Waals surface area contributed by atoms with Crippen molar-refractivity contribution in [3.63, 3.8) is 0 Å². The van der Waals surface area contributed by atoms with Crippen molar-refractivity contribution in [2.45, 2.75) is 6.18 Å². The lowest BCUT2D eigenvalue weighted by atomic mass is 10.2. The second-order valence-corrected chi connectivity index (χ2v) is 5.00. The molecule has 0 radical (unpaired) electrons. The summed E-state index contributed by atoms with van der Waals surface area (Å²) >= 11 is 5.93. The SMILES string of the molecule is O=Cc1nc(-c2ccccc2)n2cc(C(F)(F)F)cc(Cl)c12. The quantitative estimate of drug-likeness (QED) is 0.651. The van der Waals surface area contributed by atoms with E-state index in [0.29, 0.717) is 11.8 Å².